The zero-order valence-corrected chi connectivity index (χ0v) is 14.4. The van der Waals surface area contributed by atoms with E-state index in [1.165, 1.54) is 0 Å². The molecular formula is C18H23N3O4. The third-order valence-electron chi connectivity index (χ3n) is 4.56. The first kappa shape index (κ1) is 17.4. The summed E-state index contributed by atoms with van der Waals surface area (Å²) in [7, 11) is 0. The van der Waals surface area contributed by atoms with Gasteiger partial charge in [0.15, 0.2) is 12.4 Å². The summed E-state index contributed by atoms with van der Waals surface area (Å²) in [5.41, 5.74) is 0.985. The first-order valence-electron chi connectivity index (χ1n) is 8.46. The Morgan fingerprint density at radius 1 is 1.36 bits per heavy atom. The van der Waals surface area contributed by atoms with Crippen molar-refractivity contribution in [2.24, 2.45) is 5.92 Å². The summed E-state index contributed by atoms with van der Waals surface area (Å²) in [4.78, 5) is 16.2. The molecular weight excluding hydrogens is 322 g/mol. The number of rotatable bonds is 6. The van der Waals surface area contributed by atoms with E-state index in [4.69, 9.17) is 9.26 Å². The van der Waals surface area contributed by atoms with Crippen LogP contribution in [-0.4, -0.2) is 40.4 Å². The Morgan fingerprint density at radius 3 is 2.88 bits per heavy atom. The van der Waals surface area contributed by atoms with E-state index < -0.39 is 6.10 Å². The molecule has 1 amide bonds. The maximum Gasteiger partial charge on any atom is 0.257 e. The van der Waals surface area contributed by atoms with Crippen LogP contribution in [0, 0.1) is 19.8 Å². The summed E-state index contributed by atoms with van der Waals surface area (Å²) < 4.78 is 10.7. The third-order valence-corrected chi connectivity index (χ3v) is 4.56. The van der Waals surface area contributed by atoms with E-state index in [-0.39, 0.29) is 24.3 Å². The molecule has 0 unspecified atom stereocenters. The summed E-state index contributed by atoms with van der Waals surface area (Å²) in [6.07, 6.45) is 0.790. The number of carbonyl (C=O) groups excluding carboxylic acids is 1. The average molecular weight is 345 g/mol. The fraction of sp³-hybridized carbons (Fsp3) is 0.500. The number of aliphatic hydroxyl groups excluding tert-OH is 1. The van der Waals surface area contributed by atoms with Crippen molar-refractivity contribution in [2.75, 3.05) is 13.2 Å². The highest BCUT2D eigenvalue weighted by Gasteiger charge is 2.36. The number of ether oxygens (including phenoxy) is 1. The number of aromatic nitrogens is 2. The zero-order valence-electron chi connectivity index (χ0n) is 14.4. The van der Waals surface area contributed by atoms with Crippen molar-refractivity contribution in [1.82, 2.24) is 15.5 Å². The fourth-order valence-electron chi connectivity index (χ4n) is 3.16. The molecule has 134 valence electrons. The van der Waals surface area contributed by atoms with E-state index >= 15 is 0 Å². The van der Waals surface area contributed by atoms with Gasteiger partial charge in [-0.05, 0) is 38.3 Å². The topological polar surface area (TPSA) is 97.5 Å². The summed E-state index contributed by atoms with van der Waals surface area (Å²) >= 11 is 0. The van der Waals surface area contributed by atoms with Crippen molar-refractivity contribution in [1.29, 1.82) is 0 Å². The van der Waals surface area contributed by atoms with Gasteiger partial charge in [-0.25, -0.2) is 0 Å². The Labute approximate surface area is 146 Å². The van der Waals surface area contributed by atoms with E-state index in [1.807, 2.05) is 31.2 Å². The second-order valence-electron chi connectivity index (χ2n) is 6.53. The summed E-state index contributed by atoms with van der Waals surface area (Å²) in [5, 5.41) is 16.8. The summed E-state index contributed by atoms with van der Waals surface area (Å²) in [6.45, 7) is 4.06. The van der Waals surface area contributed by atoms with Gasteiger partial charge >= 0.3 is 0 Å². The molecule has 3 rings (SSSR count). The minimum Gasteiger partial charge on any atom is -0.484 e. The van der Waals surface area contributed by atoms with Gasteiger partial charge in [0.1, 0.15) is 5.75 Å². The molecule has 25 heavy (non-hydrogen) atoms. The number of nitrogens with zero attached hydrogens (tertiary/aromatic N) is 2. The highest BCUT2D eigenvalue weighted by molar-refractivity contribution is 5.77. The molecule has 7 heteroatoms. The molecule has 1 saturated carbocycles. The Balaban J connectivity index is 1.45. The first-order valence-corrected chi connectivity index (χ1v) is 8.46. The molecule has 1 heterocycles. The molecule has 2 N–H and O–H groups in total. The van der Waals surface area contributed by atoms with Crippen LogP contribution in [0.4, 0.5) is 0 Å². The van der Waals surface area contributed by atoms with E-state index in [0.717, 1.165) is 5.56 Å². The second-order valence-corrected chi connectivity index (χ2v) is 6.53. The molecule has 0 radical (unpaired) electrons. The second kappa shape index (κ2) is 7.65. The van der Waals surface area contributed by atoms with E-state index in [2.05, 4.69) is 15.5 Å². The highest BCUT2D eigenvalue weighted by atomic mass is 16.5. The maximum absolute atomic E-state index is 12.0. The highest BCUT2D eigenvalue weighted by Crippen LogP contribution is 2.37. The van der Waals surface area contributed by atoms with Crippen LogP contribution in [0.3, 0.4) is 0 Å². The number of carbonyl (C=O) groups is 1. The van der Waals surface area contributed by atoms with Crippen LogP contribution >= 0.6 is 0 Å². The molecule has 0 saturated heterocycles. The lowest BCUT2D eigenvalue weighted by Crippen LogP contribution is -2.35. The smallest absolute Gasteiger partial charge is 0.257 e. The number of para-hydroxylation sites is 1. The predicted molar refractivity (Wildman–Crippen MR) is 90.2 cm³/mol. The van der Waals surface area contributed by atoms with E-state index in [9.17, 15) is 9.90 Å². The fourth-order valence-corrected chi connectivity index (χ4v) is 3.16. The number of hydrogen-bond acceptors (Lipinski definition) is 6. The quantitative estimate of drug-likeness (QED) is 0.827. The van der Waals surface area contributed by atoms with Gasteiger partial charge in [-0.3, -0.25) is 4.79 Å². The molecule has 7 nitrogen and oxygen atoms in total. The molecule has 1 fully saturated rings. The van der Waals surface area contributed by atoms with Gasteiger partial charge in [0.2, 0.25) is 5.89 Å². The minimum atomic E-state index is -0.491. The number of amides is 1. The molecule has 1 aromatic carbocycles. The number of nitrogens with one attached hydrogen (secondary N) is 1. The number of hydrogen-bond donors (Lipinski definition) is 2. The monoisotopic (exact) mass is 345 g/mol. The predicted octanol–water partition coefficient (Wildman–Crippen LogP) is 1.74. The Kier molecular flexibility index (Phi) is 5.33. The molecule has 3 atom stereocenters. The van der Waals surface area contributed by atoms with Crippen molar-refractivity contribution >= 4 is 5.91 Å². The van der Waals surface area contributed by atoms with Gasteiger partial charge < -0.3 is 19.7 Å². The lowest BCUT2D eigenvalue weighted by atomic mass is 10.0. The van der Waals surface area contributed by atoms with Crippen molar-refractivity contribution in [2.45, 2.75) is 38.7 Å². The van der Waals surface area contributed by atoms with Crippen molar-refractivity contribution < 1.29 is 19.2 Å². The Bertz CT molecular complexity index is 731. The molecule has 0 aliphatic heterocycles. The van der Waals surface area contributed by atoms with Crippen LogP contribution in [0.5, 0.6) is 5.75 Å². The molecule has 0 bridgehead atoms. The van der Waals surface area contributed by atoms with Gasteiger partial charge in [-0.2, -0.15) is 4.98 Å². The minimum absolute atomic E-state index is 0.0281. The zero-order chi connectivity index (χ0) is 17.8. The van der Waals surface area contributed by atoms with Gasteiger partial charge in [-0.15, -0.1) is 0 Å². The largest absolute Gasteiger partial charge is 0.484 e. The molecule has 1 aromatic heterocycles. The standard InChI is InChI=1S/C18H23N3O4/c1-11-5-3-4-6-16(11)24-10-17(23)19-9-14-7-13(8-15(14)22)18-20-12(2)21-25-18/h3-6,13-15,22H,7-10H2,1-2H3,(H,19,23)/t13-,14+,15+/m0/s1. The van der Waals surface area contributed by atoms with Gasteiger partial charge in [0, 0.05) is 18.4 Å². The third kappa shape index (κ3) is 4.36. The molecule has 1 aliphatic rings. The van der Waals surface area contributed by atoms with E-state index in [1.54, 1.807) is 6.92 Å². The Morgan fingerprint density at radius 2 is 2.16 bits per heavy atom. The number of aryl methyl sites for hydroxylation is 2. The van der Waals surface area contributed by atoms with E-state index in [0.29, 0.717) is 36.9 Å². The number of benzene rings is 1. The van der Waals surface area contributed by atoms with Gasteiger partial charge in [-0.1, -0.05) is 23.4 Å². The van der Waals surface area contributed by atoms with Crippen LogP contribution in [0.1, 0.15) is 36.0 Å². The maximum atomic E-state index is 12.0. The normalized spacial score (nSPS) is 22.8. The van der Waals surface area contributed by atoms with Crippen molar-refractivity contribution in [3.05, 3.63) is 41.5 Å². The Hall–Kier alpha value is -2.41. The first-order chi connectivity index (χ1) is 12.0. The van der Waals surface area contributed by atoms with Crippen molar-refractivity contribution in [3.63, 3.8) is 0 Å². The van der Waals surface area contributed by atoms with Crippen LogP contribution in [0.15, 0.2) is 28.8 Å². The molecule has 1 aliphatic carbocycles. The lowest BCUT2D eigenvalue weighted by molar-refractivity contribution is -0.123. The SMILES string of the molecule is Cc1noc([C@H]2C[C@H](CNC(=O)COc3ccccc3C)[C@H](O)C2)n1. The molecule has 2 aromatic rings. The lowest BCUT2D eigenvalue weighted by Gasteiger charge is -2.15. The molecule has 0 spiro atoms. The summed E-state index contributed by atoms with van der Waals surface area (Å²) in [5.74, 6) is 1.67. The van der Waals surface area contributed by atoms with Crippen molar-refractivity contribution in [3.8, 4) is 5.75 Å². The summed E-state index contributed by atoms with van der Waals surface area (Å²) in [6, 6.07) is 7.56. The van der Waals surface area contributed by atoms with Crippen LogP contribution < -0.4 is 10.1 Å². The van der Waals surface area contributed by atoms with Crippen LogP contribution in [0.25, 0.3) is 0 Å². The average Bonchev–Trinajstić information content (AvgIpc) is 3.18. The van der Waals surface area contributed by atoms with Crippen LogP contribution in [0.2, 0.25) is 0 Å². The van der Waals surface area contributed by atoms with Gasteiger partial charge in [0.25, 0.3) is 5.91 Å². The van der Waals surface area contributed by atoms with Crippen LogP contribution in [-0.2, 0) is 4.79 Å². The number of aliphatic hydroxyl groups is 1. The van der Waals surface area contributed by atoms with Gasteiger partial charge in [0.05, 0.1) is 6.10 Å².